The number of anilines is 2. The molecule has 0 saturated carbocycles. The van der Waals surface area contributed by atoms with Crippen molar-refractivity contribution in [2.24, 2.45) is 5.84 Å². The molecule has 20 heavy (non-hydrogen) atoms. The molecule has 0 spiro atoms. The molecule has 1 aliphatic rings. The van der Waals surface area contributed by atoms with Crippen LogP contribution in [-0.2, 0) is 0 Å². The zero-order valence-corrected chi connectivity index (χ0v) is 12.6. The average Bonchev–Trinajstić information content (AvgIpc) is 2.46. The van der Waals surface area contributed by atoms with Crippen molar-refractivity contribution < 1.29 is 0 Å². The van der Waals surface area contributed by atoms with Crippen molar-refractivity contribution in [2.75, 3.05) is 63.7 Å². The molecule has 1 aromatic heterocycles. The summed E-state index contributed by atoms with van der Waals surface area (Å²) in [5.41, 5.74) is 3.60. The number of nitrogens with zero attached hydrogens (tertiary/aromatic N) is 5. The smallest absolute Gasteiger partial charge is 0.239 e. The Kier molecular flexibility index (Phi) is 5.11. The van der Waals surface area contributed by atoms with E-state index in [1.54, 1.807) is 0 Å². The highest BCUT2D eigenvalue weighted by molar-refractivity contribution is 5.49. The second-order valence-corrected chi connectivity index (χ2v) is 5.48. The third-order valence-electron chi connectivity index (χ3n) is 3.61. The average molecular weight is 279 g/mol. The molecule has 112 valence electrons. The summed E-state index contributed by atoms with van der Waals surface area (Å²) in [6.45, 7) is 8.40. The lowest BCUT2D eigenvalue weighted by Crippen LogP contribution is -2.48. The topological polar surface area (TPSA) is 73.5 Å². The number of hydrogen-bond acceptors (Lipinski definition) is 7. The van der Waals surface area contributed by atoms with Gasteiger partial charge in [0, 0.05) is 51.0 Å². The molecule has 0 radical (unpaired) electrons. The molecule has 0 aliphatic carbocycles. The lowest BCUT2D eigenvalue weighted by Gasteiger charge is -2.36. The van der Waals surface area contributed by atoms with E-state index < -0.39 is 0 Å². The molecule has 1 aromatic rings. The summed E-state index contributed by atoms with van der Waals surface area (Å²) in [4.78, 5) is 15.6. The van der Waals surface area contributed by atoms with E-state index in [0.717, 1.165) is 50.6 Å². The van der Waals surface area contributed by atoms with Crippen LogP contribution in [0.4, 0.5) is 11.8 Å². The van der Waals surface area contributed by atoms with E-state index in [1.807, 2.05) is 13.1 Å². The standard InChI is InChI=1S/C13H25N7/c1-11-10-15-13(17-14)16-12(11)20-8-6-19(7-9-20)5-4-18(2)3/h10H,4-9,14H2,1-3H3,(H,15,16,17). The number of nitrogens with one attached hydrogen (secondary N) is 1. The van der Waals surface area contributed by atoms with Gasteiger partial charge in [-0.25, -0.2) is 10.8 Å². The summed E-state index contributed by atoms with van der Waals surface area (Å²) in [7, 11) is 4.23. The van der Waals surface area contributed by atoms with E-state index in [4.69, 9.17) is 5.84 Å². The van der Waals surface area contributed by atoms with Crippen LogP contribution < -0.4 is 16.2 Å². The maximum Gasteiger partial charge on any atom is 0.239 e. The molecule has 0 bridgehead atoms. The van der Waals surface area contributed by atoms with E-state index in [2.05, 4.69) is 44.2 Å². The molecule has 0 unspecified atom stereocenters. The van der Waals surface area contributed by atoms with Crippen molar-refractivity contribution in [3.05, 3.63) is 11.8 Å². The molecule has 7 nitrogen and oxygen atoms in total. The summed E-state index contributed by atoms with van der Waals surface area (Å²) < 4.78 is 0. The highest BCUT2D eigenvalue weighted by atomic mass is 15.3. The fourth-order valence-corrected chi connectivity index (χ4v) is 2.35. The van der Waals surface area contributed by atoms with Crippen LogP contribution in [0.2, 0.25) is 0 Å². The van der Waals surface area contributed by atoms with Crippen LogP contribution >= 0.6 is 0 Å². The Labute approximate surface area is 120 Å². The van der Waals surface area contributed by atoms with Gasteiger partial charge in [-0.15, -0.1) is 0 Å². The van der Waals surface area contributed by atoms with Gasteiger partial charge in [-0.3, -0.25) is 10.3 Å². The molecule has 3 N–H and O–H groups in total. The Balaban J connectivity index is 1.93. The molecule has 1 saturated heterocycles. The summed E-state index contributed by atoms with van der Waals surface area (Å²) in [6, 6.07) is 0. The number of hydrogen-bond donors (Lipinski definition) is 2. The Bertz CT molecular complexity index is 427. The predicted molar refractivity (Wildman–Crippen MR) is 81.8 cm³/mol. The monoisotopic (exact) mass is 279 g/mol. The van der Waals surface area contributed by atoms with E-state index in [1.165, 1.54) is 0 Å². The maximum atomic E-state index is 5.38. The number of aryl methyl sites for hydroxylation is 1. The summed E-state index contributed by atoms with van der Waals surface area (Å²) in [5.74, 6) is 6.84. The molecule has 1 aliphatic heterocycles. The van der Waals surface area contributed by atoms with Gasteiger partial charge in [0.25, 0.3) is 0 Å². The zero-order valence-electron chi connectivity index (χ0n) is 12.6. The van der Waals surface area contributed by atoms with Crippen molar-refractivity contribution in [3.8, 4) is 0 Å². The van der Waals surface area contributed by atoms with Gasteiger partial charge in [-0.05, 0) is 21.0 Å². The van der Waals surface area contributed by atoms with Gasteiger partial charge in [0.15, 0.2) is 0 Å². The molecular weight excluding hydrogens is 254 g/mol. The van der Waals surface area contributed by atoms with Crippen LogP contribution in [0.3, 0.4) is 0 Å². The largest absolute Gasteiger partial charge is 0.354 e. The van der Waals surface area contributed by atoms with E-state index >= 15 is 0 Å². The van der Waals surface area contributed by atoms with Crippen molar-refractivity contribution >= 4 is 11.8 Å². The maximum absolute atomic E-state index is 5.38. The minimum atomic E-state index is 0.473. The van der Waals surface area contributed by atoms with Crippen LogP contribution in [0.1, 0.15) is 5.56 Å². The van der Waals surface area contributed by atoms with Crippen molar-refractivity contribution in [2.45, 2.75) is 6.92 Å². The SMILES string of the molecule is Cc1cnc(NN)nc1N1CCN(CCN(C)C)CC1. The first-order chi connectivity index (χ1) is 9.60. The molecule has 7 heteroatoms. The molecule has 1 fully saturated rings. The van der Waals surface area contributed by atoms with Gasteiger partial charge in [0.1, 0.15) is 5.82 Å². The minimum absolute atomic E-state index is 0.473. The molecule has 2 rings (SSSR count). The number of nitrogen functional groups attached to an aromatic ring is 1. The second-order valence-electron chi connectivity index (χ2n) is 5.48. The number of hydrazine groups is 1. The number of likely N-dealkylation sites (N-methyl/N-ethyl adjacent to an activating group) is 1. The molecule has 0 amide bonds. The Morgan fingerprint density at radius 2 is 2.00 bits per heavy atom. The quantitative estimate of drug-likeness (QED) is 0.569. The van der Waals surface area contributed by atoms with Gasteiger partial charge in [-0.2, -0.15) is 4.98 Å². The fraction of sp³-hybridized carbons (Fsp3) is 0.692. The van der Waals surface area contributed by atoms with Gasteiger partial charge >= 0.3 is 0 Å². The summed E-state index contributed by atoms with van der Waals surface area (Å²) >= 11 is 0. The number of nitrogens with two attached hydrogens (primary N) is 1. The number of rotatable bonds is 5. The van der Waals surface area contributed by atoms with E-state index in [0.29, 0.717) is 5.95 Å². The first-order valence-corrected chi connectivity index (χ1v) is 7.02. The predicted octanol–water partition coefficient (Wildman–Crippen LogP) is -0.246. The van der Waals surface area contributed by atoms with E-state index in [-0.39, 0.29) is 0 Å². The van der Waals surface area contributed by atoms with Gasteiger partial charge < -0.3 is 9.80 Å². The molecule has 0 atom stereocenters. The normalized spacial score (nSPS) is 16.8. The second kappa shape index (κ2) is 6.83. The van der Waals surface area contributed by atoms with Crippen LogP contribution in [0.15, 0.2) is 6.20 Å². The molecule has 0 aromatic carbocycles. The van der Waals surface area contributed by atoms with E-state index in [9.17, 15) is 0 Å². The van der Waals surface area contributed by atoms with Gasteiger partial charge in [-0.1, -0.05) is 0 Å². The molecular formula is C13H25N7. The summed E-state index contributed by atoms with van der Waals surface area (Å²) in [5, 5.41) is 0. The van der Waals surface area contributed by atoms with Gasteiger partial charge in [0.05, 0.1) is 0 Å². The molecule has 2 heterocycles. The van der Waals surface area contributed by atoms with Crippen LogP contribution in [0.5, 0.6) is 0 Å². The highest BCUT2D eigenvalue weighted by Gasteiger charge is 2.19. The van der Waals surface area contributed by atoms with Crippen molar-refractivity contribution in [3.63, 3.8) is 0 Å². The van der Waals surface area contributed by atoms with Gasteiger partial charge in [0.2, 0.25) is 5.95 Å². The zero-order chi connectivity index (χ0) is 14.5. The summed E-state index contributed by atoms with van der Waals surface area (Å²) in [6.07, 6.45) is 1.82. The fourth-order valence-electron chi connectivity index (χ4n) is 2.35. The third kappa shape index (κ3) is 3.78. The Morgan fingerprint density at radius 1 is 1.30 bits per heavy atom. The van der Waals surface area contributed by atoms with Crippen molar-refractivity contribution in [1.82, 2.24) is 19.8 Å². The van der Waals surface area contributed by atoms with Crippen molar-refractivity contribution in [1.29, 1.82) is 0 Å². The Morgan fingerprint density at radius 3 is 2.60 bits per heavy atom. The van der Waals surface area contributed by atoms with Crippen LogP contribution in [0, 0.1) is 6.92 Å². The lowest BCUT2D eigenvalue weighted by atomic mass is 10.2. The Hall–Kier alpha value is -1.44. The first-order valence-electron chi connectivity index (χ1n) is 7.02. The minimum Gasteiger partial charge on any atom is -0.354 e. The number of piperazine rings is 1. The lowest BCUT2D eigenvalue weighted by molar-refractivity contribution is 0.229. The number of aromatic nitrogens is 2. The first kappa shape index (κ1) is 15.0. The highest BCUT2D eigenvalue weighted by Crippen LogP contribution is 2.19. The third-order valence-corrected chi connectivity index (χ3v) is 3.61. The van der Waals surface area contributed by atoms with Crippen LogP contribution in [0.25, 0.3) is 0 Å². The van der Waals surface area contributed by atoms with Crippen LogP contribution in [-0.4, -0.2) is 73.1 Å².